The minimum atomic E-state index is -0.383. The molecule has 0 bridgehead atoms. The Kier molecular flexibility index (Phi) is 5.39. The molecule has 1 aliphatic heterocycles. The molecule has 3 rings (SSSR count). The van der Waals surface area contributed by atoms with Crippen molar-refractivity contribution in [1.29, 1.82) is 0 Å². The van der Waals surface area contributed by atoms with E-state index in [1.54, 1.807) is 11.0 Å². The Morgan fingerprint density at radius 2 is 1.81 bits per heavy atom. The highest BCUT2D eigenvalue weighted by Gasteiger charge is 2.35. The molecule has 0 unspecified atom stereocenters. The van der Waals surface area contributed by atoms with Crippen molar-refractivity contribution in [3.05, 3.63) is 56.5 Å². The average molecular weight is 436 g/mol. The Morgan fingerprint density at radius 3 is 2.42 bits per heavy atom. The first-order valence-electron chi connectivity index (χ1n) is 8.40. The first-order valence-corrected chi connectivity index (χ1v) is 9.57. The Morgan fingerprint density at radius 1 is 1.15 bits per heavy atom. The largest absolute Gasteiger partial charge is 0.326 e. The molecular weight excluding hydrogens is 416 g/mol. The predicted molar refractivity (Wildman–Crippen MR) is 109 cm³/mol. The maximum Gasteiger partial charge on any atom is 0.229 e. The van der Waals surface area contributed by atoms with Crippen LogP contribution in [0.1, 0.15) is 23.1 Å². The van der Waals surface area contributed by atoms with Gasteiger partial charge in [-0.25, -0.2) is 0 Å². The number of rotatable bonds is 3. The second-order valence-corrected chi connectivity index (χ2v) is 7.95. The lowest BCUT2D eigenvalue weighted by atomic mass is 10.1. The average Bonchev–Trinajstić information content (AvgIpc) is 2.97. The zero-order valence-electron chi connectivity index (χ0n) is 14.9. The first kappa shape index (κ1) is 18.9. The fourth-order valence-corrected chi connectivity index (χ4v) is 3.55. The number of amides is 2. The van der Waals surface area contributed by atoms with Gasteiger partial charge in [0.25, 0.3) is 0 Å². The van der Waals surface area contributed by atoms with E-state index in [9.17, 15) is 9.59 Å². The van der Waals surface area contributed by atoms with E-state index < -0.39 is 0 Å². The standard InChI is InChI=1S/C20H20BrClN2O2/c1-11-4-5-16(9-17(11)22)24-10-14(8-18(24)25)20(26)23-15-6-12(2)19(21)13(3)7-15/h4-7,9,14H,8,10H2,1-3H3,(H,23,26)/t14-/m0/s1. The Labute approximate surface area is 166 Å². The summed E-state index contributed by atoms with van der Waals surface area (Å²) in [4.78, 5) is 26.7. The van der Waals surface area contributed by atoms with Crippen LogP contribution in [-0.4, -0.2) is 18.4 Å². The van der Waals surface area contributed by atoms with Crippen LogP contribution in [0, 0.1) is 26.7 Å². The molecule has 1 saturated heterocycles. The van der Waals surface area contributed by atoms with Crippen molar-refractivity contribution in [2.75, 3.05) is 16.8 Å². The summed E-state index contributed by atoms with van der Waals surface area (Å²) in [7, 11) is 0. The van der Waals surface area contributed by atoms with Crippen LogP contribution in [0.25, 0.3) is 0 Å². The third-order valence-electron chi connectivity index (χ3n) is 4.67. The van der Waals surface area contributed by atoms with Gasteiger partial charge in [0.05, 0.1) is 5.92 Å². The van der Waals surface area contributed by atoms with Gasteiger partial charge >= 0.3 is 0 Å². The third-order valence-corrected chi connectivity index (χ3v) is 6.32. The number of carbonyl (C=O) groups is 2. The summed E-state index contributed by atoms with van der Waals surface area (Å²) in [6.45, 7) is 6.23. The molecule has 4 nitrogen and oxygen atoms in total. The van der Waals surface area contributed by atoms with Crippen LogP contribution in [0.2, 0.25) is 5.02 Å². The molecule has 0 radical (unpaired) electrons. The monoisotopic (exact) mass is 434 g/mol. The van der Waals surface area contributed by atoms with Gasteiger partial charge in [-0.15, -0.1) is 0 Å². The lowest BCUT2D eigenvalue weighted by Crippen LogP contribution is -2.28. The quantitative estimate of drug-likeness (QED) is 0.736. The predicted octanol–water partition coefficient (Wildman–Crippen LogP) is 5.02. The number of benzene rings is 2. The normalized spacial score (nSPS) is 16.9. The highest BCUT2D eigenvalue weighted by molar-refractivity contribution is 9.10. The molecule has 6 heteroatoms. The summed E-state index contributed by atoms with van der Waals surface area (Å²) in [5.74, 6) is -0.583. The van der Waals surface area contributed by atoms with Gasteiger partial charge in [-0.05, 0) is 61.7 Å². The van der Waals surface area contributed by atoms with E-state index in [-0.39, 0.29) is 24.2 Å². The van der Waals surface area contributed by atoms with E-state index in [0.29, 0.717) is 11.6 Å². The van der Waals surface area contributed by atoms with Crippen LogP contribution in [0.5, 0.6) is 0 Å². The van der Waals surface area contributed by atoms with Gasteiger partial charge in [0.2, 0.25) is 11.8 Å². The highest BCUT2D eigenvalue weighted by Crippen LogP contribution is 2.30. The molecule has 136 valence electrons. The second kappa shape index (κ2) is 7.41. The number of halogens is 2. The number of aryl methyl sites for hydroxylation is 3. The summed E-state index contributed by atoms with van der Waals surface area (Å²) in [5.41, 5.74) is 4.54. The number of hydrogen-bond donors (Lipinski definition) is 1. The van der Waals surface area contributed by atoms with Crippen molar-refractivity contribution in [3.8, 4) is 0 Å². The number of anilines is 2. The molecule has 1 heterocycles. The minimum Gasteiger partial charge on any atom is -0.326 e. The van der Waals surface area contributed by atoms with Crippen LogP contribution < -0.4 is 10.2 Å². The van der Waals surface area contributed by atoms with Crippen molar-refractivity contribution in [1.82, 2.24) is 0 Å². The summed E-state index contributed by atoms with van der Waals surface area (Å²) >= 11 is 9.69. The summed E-state index contributed by atoms with van der Waals surface area (Å²) in [6.07, 6.45) is 0.200. The van der Waals surface area contributed by atoms with E-state index >= 15 is 0 Å². The molecule has 0 saturated carbocycles. The number of nitrogens with one attached hydrogen (secondary N) is 1. The van der Waals surface area contributed by atoms with Crippen LogP contribution >= 0.6 is 27.5 Å². The smallest absolute Gasteiger partial charge is 0.229 e. The molecule has 0 spiro atoms. The zero-order chi connectivity index (χ0) is 19.0. The molecule has 26 heavy (non-hydrogen) atoms. The lowest BCUT2D eigenvalue weighted by Gasteiger charge is -2.18. The fraction of sp³-hybridized carbons (Fsp3) is 0.300. The maximum atomic E-state index is 12.6. The zero-order valence-corrected chi connectivity index (χ0v) is 17.2. The first-order chi connectivity index (χ1) is 12.3. The number of hydrogen-bond acceptors (Lipinski definition) is 2. The van der Waals surface area contributed by atoms with Crippen molar-refractivity contribution < 1.29 is 9.59 Å². The van der Waals surface area contributed by atoms with Crippen molar-refractivity contribution >= 4 is 50.7 Å². The maximum absolute atomic E-state index is 12.6. The van der Waals surface area contributed by atoms with Crippen molar-refractivity contribution in [3.63, 3.8) is 0 Å². The van der Waals surface area contributed by atoms with E-state index in [0.717, 1.165) is 32.5 Å². The number of carbonyl (C=O) groups excluding carboxylic acids is 2. The molecule has 1 atom stereocenters. The summed E-state index contributed by atoms with van der Waals surface area (Å²) in [5, 5.41) is 3.56. The molecule has 1 aliphatic rings. The molecule has 0 aromatic heterocycles. The van der Waals surface area contributed by atoms with Crippen molar-refractivity contribution in [2.45, 2.75) is 27.2 Å². The molecule has 0 aliphatic carbocycles. The second-order valence-electron chi connectivity index (χ2n) is 6.75. The van der Waals surface area contributed by atoms with Crippen molar-refractivity contribution in [2.24, 2.45) is 5.92 Å². The molecule has 2 aromatic carbocycles. The van der Waals surface area contributed by atoms with Gasteiger partial charge in [-0.3, -0.25) is 9.59 Å². The Hall–Kier alpha value is -1.85. The Bertz CT molecular complexity index is 874. The molecule has 2 amide bonds. The highest BCUT2D eigenvalue weighted by atomic mass is 79.9. The molecule has 1 N–H and O–H groups in total. The van der Waals surface area contributed by atoms with Gasteiger partial charge in [0.15, 0.2) is 0 Å². The number of nitrogens with zero attached hydrogens (tertiary/aromatic N) is 1. The topological polar surface area (TPSA) is 49.4 Å². The van der Waals surface area contributed by atoms with E-state index in [4.69, 9.17) is 11.6 Å². The van der Waals surface area contributed by atoms with Crippen LogP contribution in [0.3, 0.4) is 0 Å². The molecule has 1 fully saturated rings. The molecule has 2 aromatic rings. The van der Waals surface area contributed by atoms with E-state index in [1.807, 2.05) is 45.0 Å². The fourth-order valence-electron chi connectivity index (χ4n) is 3.14. The minimum absolute atomic E-state index is 0.0618. The van der Waals surface area contributed by atoms with Crippen LogP contribution in [0.4, 0.5) is 11.4 Å². The molecular formula is C20H20BrClN2O2. The van der Waals surface area contributed by atoms with Crippen LogP contribution in [0.15, 0.2) is 34.8 Å². The third kappa shape index (κ3) is 3.79. The van der Waals surface area contributed by atoms with Gasteiger partial charge < -0.3 is 10.2 Å². The van der Waals surface area contributed by atoms with Crippen LogP contribution in [-0.2, 0) is 9.59 Å². The summed E-state index contributed by atoms with van der Waals surface area (Å²) in [6, 6.07) is 9.36. The van der Waals surface area contributed by atoms with Gasteiger partial charge in [-0.2, -0.15) is 0 Å². The lowest BCUT2D eigenvalue weighted by molar-refractivity contribution is -0.122. The Balaban J connectivity index is 1.73. The van der Waals surface area contributed by atoms with Gasteiger partial charge in [-0.1, -0.05) is 33.6 Å². The SMILES string of the molecule is Cc1ccc(N2C[C@@H](C(=O)Nc3cc(C)c(Br)c(C)c3)CC2=O)cc1Cl. The van der Waals surface area contributed by atoms with E-state index in [1.165, 1.54) is 0 Å². The summed E-state index contributed by atoms with van der Waals surface area (Å²) < 4.78 is 1.04. The van der Waals surface area contributed by atoms with Gasteiger partial charge in [0.1, 0.15) is 0 Å². The van der Waals surface area contributed by atoms with Gasteiger partial charge in [0, 0.05) is 33.8 Å². The van der Waals surface area contributed by atoms with E-state index in [2.05, 4.69) is 21.2 Å².